The van der Waals surface area contributed by atoms with Crippen LogP contribution in [-0.4, -0.2) is 37.4 Å². The molecule has 0 aromatic heterocycles. The normalized spacial score (nSPS) is 26.1. The molecule has 17 heavy (non-hydrogen) atoms. The molecule has 0 spiro atoms. The monoisotopic (exact) mass is 273 g/mol. The van der Waals surface area contributed by atoms with E-state index >= 15 is 0 Å². The first-order valence-electron chi connectivity index (χ1n) is 6.01. The summed E-state index contributed by atoms with van der Waals surface area (Å²) in [5, 5.41) is 3.43. The number of hydrogen-bond donors (Lipinski definition) is 1. The van der Waals surface area contributed by atoms with Crippen LogP contribution in [-0.2, 0) is 4.74 Å². The van der Waals surface area contributed by atoms with Gasteiger partial charge in [-0.3, -0.25) is 0 Å². The molecule has 1 rings (SSSR count). The molecule has 102 valence electrons. The molecule has 0 aromatic rings. The first-order chi connectivity index (χ1) is 7.99. The Morgan fingerprint density at radius 3 is 2.59 bits per heavy atom. The third kappa shape index (κ3) is 7.11. The average molecular weight is 274 g/mol. The molecular formula is C11H19ClF3NO. The standard InChI is InChI=1S/C11H19ClF3NO/c12-9-4-1-2-5-10(9)16-6-3-7-17-8-11(13,14)15/h9-10,16H,1-8H2. The van der Waals surface area contributed by atoms with Crippen LogP contribution in [0.25, 0.3) is 0 Å². The molecule has 0 aromatic carbocycles. The summed E-state index contributed by atoms with van der Waals surface area (Å²) >= 11 is 6.14. The second kappa shape index (κ2) is 7.44. The Hall–Kier alpha value is 0. The van der Waals surface area contributed by atoms with Crippen molar-refractivity contribution in [3.8, 4) is 0 Å². The summed E-state index contributed by atoms with van der Waals surface area (Å²) in [5.74, 6) is 0. The molecule has 1 N–H and O–H groups in total. The predicted octanol–water partition coefficient (Wildman–Crippen LogP) is 3.10. The molecule has 1 saturated carbocycles. The average Bonchev–Trinajstić information content (AvgIpc) is 2.24. The zero-order valence-electron chi connectivity index (χ0n) is 9.73. The molecule has 2 nitrogen and oxygen atoms in total. The van der Waals surface area contributed by atoms with Gasteiger partial charge in [0.05, 0.1) is 0 Å². The minimum Gasteiger partial charge on any atom is -0.372 e. The van der Waals surface area contributed by atoms with Gasteiger partial charge in [0.15, 0.2) is 0 Å². The Balaban J connectivity index is 1.96. The van der Waals surface area contributed by atoms with Gasteiger partial charge in [-0.1, -0.05) is 12.8 Å². The van der Waals surface area contributed by atoms with E-state index in [1.165, 1.54) is 12.8 Å². The maximum absolute atomic E-state index is 11.7. The quantitative estimate of drug-likeness (QED) is 0.593. The van der Waals surface area contributed by atoms with Gasteiger partial charge in [0.2, 0.25) is 0 Å². The van der Waals surface area contributed by atoms with E-state index in [1.807, 2.05) is 0 Å². The van der Waals surface area contributed by atoms with Crippen molar-refractivity contribution in [3.05, 3.63) is 0 Å². The highest BCUT2D eigenvalue weighted by molar-refractivity contribution is 6.21. The molecule has 1 fully saturated rings. The summed E-state index contributed by atoms with van der Waals surface area (Å²) in [6.07, 6.45) is 0.766. The SMILES string of the molecule is FC(F)(F)COCCCNC1CCCCC1Cl. The van der Waals surface area contributed by atoms with Crippen LogP contribution >= 0.6 is 11.6 Å². The molecule has 1 aliphatic rings. The highest BCUT2D eigenvalue weighted by Crippen LogP contribution is 2.22. The molecule has 1 aliphatic carbocycles. The minimum absolute atomic E-state index is 0.131. The fourth-order valence-corrected chi connectivity index (χ4v) is 2.33. The Labute approximate surface area is 105 Å². The molecular weight excluding hydrogens is 255 g/mol. The van der Waals surface area contributed by atoms with Crippen LogP contribution in [0.1, 0.15) is 32.1 Å². The molecule has 2 atom stereocenters. The van der Waals surface area contributed by atoms with Crippen molar-refractivity contribution in [2.75, 3.05) is 19.8 Å². The van der Waals surface area contributed by atoms with E-state index in [4.69, 9.17) is 11.6 Å². The van der Waals surface area contributed by atoms with Crippen molar-refractivity contribution in [1.82, 2.24) is 5.32 Å². The first-order valence-corrected chi connectivity index (χ1v) is 6.44. The highest BCUT2D eigenvalue weighted by Gasteiger charge is 2.27. The predicted molar refractivity (Wildman–Crippen MR) is 61.4 cm³/mol. The molecule has 6 heteroatoms. The van der Waals surface area contributed by atoms with Gasteiger partial charge in [-0.05, 0) is 25.8 Å². The fraction of sp³-hybridized carbons (Fsp3) is 1.00. The number of nitrogens with one attached hydrogen (secondary N) is 1. The Kier molecular flexibility index (Phi) is 6.59. The number of alkyl halides is 4. The lowest BCUT2D eigenvalue weighted by Gasteiger charge is -2.28. The topological polar surface area (TPSA) is 21.3 Å². The molecule has 0 bridgehead atoms. The van der Waals surface area contributed by atoms with Gasteiger partial charge in [-0.25, -0.2) is 0 Å². The van der Waals surface area contributed by atoms with E-state index in [0.29, 0.717) is 19.0 Å². The summed E-state index contributed by atoms with van der Waals surface area (Å²) in [7, 11) is 0. The van der Waals surface area contributed by atoms with Crippen LogP contribution in [0, 0.1) is 0 Å². The fourth-order valence-electron chi connectivity index (χ4n) is 1.97. The van der Waals surface area contributed by atoms with Crippen molar-refractivity contribution in [1.29, 1.82) is 0 Å². The lowest BCUT2D eigenvalue weighted by Crippen LogP contribution is -2.40. The van der Waals surface area contributed by atoms with Gasteiger partial charge in [-0.15, -0.1) is 11.6 Å². The van der Waals surface area contributed by atoms with Crippen LogP contribution in [0.2, 0.25) is 0 Å². The van der Waals surface area contributed by atoms with Crippen molar-refractivity contribution in [2.24, 2.45) is 0 Å². The van der Waals surface area contributed by atoms with Gasteiger partial charge < -0.3 is 10.1 Å². The van der Waals surface area contributed by atoms with Crippen LogP contribution in [0.4, 0.5) is 13.2 Å². The zero-order valence-corrected chi connectivity index (χ0v) is 10.5. The lowest BCUT2D eigenvalue weighted by molar-refractivity contribution is -0.173. The van der Waals surface area contributed by atoms with Gasteiger partial charge >= 0.3 is 6.18 Å². The Morgan fingerprint density at radius 1 is 1.24 bits per heavy atom. The highest BCUT2D eigenvalue weighted by atomic mass is 35.5. The number of halogens is 4. The van der Waals surface area contributed by atoms with Gasteiger partial charge in [0.1, 0.15) is 6.61 Å². The first kappa shape index (κ1) is 15.1. The van der Waals surface area contributed by atoms with E-state index in [-0.39, 0.29) is 12.0 Å². The molecule has 2 unspecified atom stereocenters. The Morgan fingerprint density at radius 2 is 1.94 bits per heavy atom. The van der Waals surface area contributed by atoms with E-state index in [2.05, 4.69) is 10.1 Å². The largest absolute Gasteiger partial charge is 0.411 e. The molecule has 0 saturated heterocycles. The molecule has 0 amide bonds. The molecule has 0 radical (unpaired) electrons. The lowest BCUT2D eigenvalue weighted by atomic mass is 9.95. The maximum atomic E-state index is 11.7. The van der Waals surface area contributed by atoms with Crippen LogP contribution in [0.3, 0.4) is 0 Å². The summed E-state index contributed by atoms with van der Waals surface area (Å²) in [6.45, 7) is -0.369. The van der Waals surface area contributed by atoms with Gasteiger partial charge in [0.25, 0.3) is 0 Å². The van der Waals surface area contributed by atoms with E-state index in [1.54, 1.807) is 0 Å². The van der Waals surface area contributed by atoms with E-state index in [9.17, 15) is 13.2 Å². The Bertz CT molecular complexity index is 213. The van der Waals surface area contributed by atoms with E-state index in [0.717, 1.165) is 12.8 Å². The van der Waals surface area contributed by atoms with E-state index < -0.39 is 12.8 Å². The van der Waals surface area contributed by atoms with Crippen LogP contribution in [0.5, 0.6) is 0 Å². The van der Waals surface area contributed by atoms with Crippen molar-refractivity contribution >= 4 is 11.6 Å². The summed E-state index contributed by atoms with van der Waals surface area (Å²) < 4.78 is 39.8. The zero-order chi connectivity index (χ0) is 12.7. The van der Waals surface area contributed by atoms with Gasteiger partial charge in [0, 0.05) is 18.0 Å². The third-order valence-corrected chi connectivity index (χ3v) is 3.34. The number of ether oxygens (including phenoxy) is 1. The molecule has 0 aliphatic heterocycles. The van der Waals surface area contributed by atoms with Gasteiger partial charge in [-0.2, -0.15) is 13.2 Å². The summed E-state index contributed by atoms with van der Waals surface area (Å²) in [4.78, 5) is 0. The number of rotatable bonds is 6. The van der Waals surface area contributed by atoms with Crippen molar-refractivity contribution in [2.45, 2.75) is 49.7 Å². The second-order valence-corrected chi connectivity index (χ2v) is 4.94. The smallest absolute Gasteiger partial charge is 0.372 e. The third-order valence-electron chi connectivity index (χ3n) is 2.82. The summed E-state index contributed by atoms with van der Waals surface area (Å²) in [6, 6.07) is 0.299. The van der Waals surface area contributed by atoms with Crippen LogP contribution < -0.4 is 5.32 Å². The maximum Gasteiger partial charge on any atom is 0.411 e. The number of hydrogen-bond acceptors (Lipinski definition) is 2. The summed E-state index contributed by atoms with van der Waals surface area (Å²) in [5.41, 5.74) is 0. The van der Waals surface area contributed by atoms with Crippen molar-refractivity contribution < 1.29 is 17.9 Å². The minimum atomic E-state index is -4.22. The molecule has 0 heterocycles. The van der Waals surface area contributed by atoms with Crippen LogP contribution in [0.15, 0.2) is 0 Å². The van der Waals surface area contributed by atoms with Crippen molar-refractivity contribution in [3.63, 3.8) is 0 Å². The second-order valence-electron chi connectivity index (χ2n) is 4.38.